The third kappa shape index (κ3) is 3.86. The third-order valence-electron chi connectivity index (χ3n) is 3.52. The Morgan fingerprint density at radius 2 is 2.00 bits per heavy atom. The van der Waals surface area contributed by atoms with Gasteiger partial charge >= 0.3 is 0 Å². The maximum absolute atomic E-state index is 12.8. The molecule has 0 saturated carbocycles. The molecular formula is C18H19N3O2. The minimum Gasteiger partial charge on any atom is -0.480 e. The summed E-state index contributed by atoms with van der Waals surface area (Å²) < 4.78 is 5.18. The topological polar surface area (TPSA) is 66.2 Å². The van der Waals surface area contributed by atoms with E-state index in [0.717, 1.165) is 5.56 Å². The molecular weight excluding hydrogens is 290 g/mol. The van der Waals surface area contributed by atoms with Crippen molar-refractivity contribution in [2.45, 2.75) is 26.4 Å². The highest BCUT2D eigenvalue weighted by Gasteiger charge is 2.22. The molecule has 5 nitrogen and oxygen atoms in total. The molecule has 0 bridgehead atoms. The van der Waals surface area contributed by atoms with Crippen molar-refractivity contribution in [3.63, 3.8) is 0 Å². The molecule has 0 aliphatic rings. The summed E-state index contributed by atoms with van der Waals surface area (Å²) in [6.45, 7) is 4.38. The molecule has 0 unspecified atom stereocenters. The number of hydrogen-bond donors (Lipinski definition) is 0. The van der Waals surface area contributed by atoms with Crippen LogP contribution in [0.3, 0.4) is 0 Å². The smallest absolute Gasteiger partial charge is 0.259 e. The Morgan fingerprint density at radius 1 is 1.30 bits per heavy atom. The lowest BCUT2D eigenvalue weighted by Gasteiger charge is -2.27. The maximum Gasteiger partial charge on any atom is 0.259 e. The first-order valence-corrected chi connectivity index (χ1v) is 7.35. The molecule has 1 aromatic heterocycles. The van der Waals surface area contributed by atoms with Gasteiger partial charge in [0.1, 0.15) is 5.56 Å². The number of ether oxygens (including phenoxy) is 1. The highest BCUT2D eigenvalue weighted by atomic mass is 16.5. The summed E-state index contributed by atoms with van der Waals surface area (Å²) >= 11 is 0. The number of aromatic nitrogens is 1. The second-order valence-electron chi connectivity index (χ2n) is 5.40. The van der Waals surface area contributed by atoms with E-state index in [0.29, 0.717) is 23.6 Å². The molecule has 0 atom stereocenters. The first-order chi connectivity index (χ1) is 11.1. The summed E-state index contributed by atoms with van der Waals surface area (Å²) in [7, 11) is 1.50. The average molecular weight is 309 g/mol. The van der Waals surface area contributed by atoms with Gasteiger partial charge < -0.3 is 9.64 Å². The molecule has 0 aliphatic heterocycles. The average Bonchev–Trinajstić information content (AvgIpc) is 2.59. The second kappa shape index (κ2) is 7.41. The standard InChI is InChI=1S/C18H19N3O2/c1-13(2)21(12-15-8-6-14(11-19)7-9-15)18(22)16-5-4-10-20-17(16)23-3/h4-10,13H,12H2,1-3H3. The lowest BCUT2D eigenvalue weighted by molar-refractivity contribution is 0.0686. The summed E-state index contributed by atoms with van der Waals surface area (Å²) in [5, 5.41) is 8.86. The van der Waals surface area contributed by atoms with Crippen molar-refractivity contribution >= 4 is 5.91 Å². The van der Waals surface area contributed by atoms with E-state index in [1.807, 2.05) is 26.0 Å². The van der Waals surface area contributed by atoms with Crippen LogP contribution in [0.2, 0.25) is 0 Å². The van der Waals surface area contributed by atoms with E-state index in [-0.39, 0.29) is 11.9 Å². The summed E-state index contributed by atoms with van der Waals surface area (Å²) in [5.41, 5.74) is 2.01. The van der Waals surface area contributed by atoms with Crippen LogP contribution in [0.15, 0.2) is 42.6 Å². The van der Waals surface area contributed by atoms with Gasteiger partial charge in [0.2, 0.25) is 5.88 Å². The van der Waals surface area contributed by atoms with Gasteiger partial charge in [-0.3, -0.25) is 4.79 Å². The van der Waals surface area contributed by atoms with Crippen LogP contribution in [0, 0.1) is 11.3 Å². The molecule has 0 aliphatic carbocycles. The minimum absolute atomic E-state index is 0.0167. The number of rotatable bonds is 5. The predicted molar refractivity (Wildman–Crippen MR) is 87.0 cm³/mol. The number of amides is 1. The maximum atomic E-state index is 12.8. The molecule has 118 valence electrons. The normalized spacial score (nSPS) is 10.2. The van der Waals surface area contributed by atoms with E-state index in [2.05, 4.69) is 11.1 Å². The van der Waals surface area contributed by atoms with Gasteiger partial charge in [-0.1, -0.05) is 12.1 Å². The number of pyridine rings is 1. The van der Waals surface area contributed by atoms with Gasteiger partial charge in [-0.15, -0.1) is 0 Å². The van der Waals surface area contributed by atoms with Gasteiger partial charge in [0, 0.05) is 18.8 Å². The number of methoxy groups -OCH3 is 1. The molecule has 1 heterocycles. The Balaban J connectivity index is 2.27. The Kier molecular flexibility index (Phi) is 5.32. The highest BCUT2D eigenvalue weighted by Crippen LogP contribution is 2.19. The zero-order valence-corrected chi connectivity index (χ0v) is 13.5. The third-order valence-corrected chi connectivity index (χ3v) is 3.52. The van der Waals surface area contributed by atoms with Crippen LogP contribution >= 0.6 is 0 Å². The van der Waals surface area contributed by atoms with E-state index < -0.39 is 0 Å². The molecule has 0 fully saturated rings. The van der Waals surface area contributed by atoms with Gasteiger partial charge in [0.15, 0.2) is 0 Å². The Bertz CT molecular complexity index is 718. The lowest BCUT2D eigenvalue weighted by Crippen LogP contribution is -2.36. The van der Waals surface area contributed by atoms with Crippen molar-refractivity contribution < 1.29 is 9.53 Å². The zero-order valence-electron chi connectivity index (χ0n) is 13.5. The van der Waals surface area contributed by atoms with E-state index in [1.165, 1.54) is 7.11 Å². The predicted octanol–water partition coefficient (Wildman–Crippen LogP) is 3.01. The number of carbonyl (C=O) groups excluding carboxylic acids is 1. The molecule has 23 heavy (non-hydrogen) atoms. The fourth-order valence-electron chi connectivity index (χ4n) is 2.24. The molecule has 1 aromatic carbocycles. The van der Waals surface area contributed by atoms with Crippen molar-refractivity contribution in [2.75, 3.05) is 7.11 Å². The Morgan fingerprint density at radius 3 is 2.57 bits per heavy atom. The van der Waals surface area contributed by atoms with Crippen molar-refractivity contribution in [3.05, 3.63) is 59.3 Å². The molecule has 0 N–H and O–H groups in total. The number of hydrogen-bond acceptors (Lipinski definition) is 4. The van der Waals surface area contributed by atoms with E-state index in [4.69, 9.17) is 10.00 Å². The molecule has 5 heteroatoms. The van der Waals surface area contributed by atoms with Crippen molar-refractivity contribution in [3.8, 4) is 11.9 Å². The summed E-state index contributed by atoms with van der Waals surface area (Å²) in [5.74, 6) is 0.192. The van der Waals surface area contributed by atoms with E-state index in [9.17, 15) is 4.79 Å². The lowest BCUT2D eigenvalue weighted by atomic mass is 10.1. The number of nitriles is 1. The van der Waals surface area contributed by atoms with Crippen LogP contribution in [-0.4, -0.2) is 28.9 Å². The summed E-state index contributed by atoms with van der Waals surface area (Å²) in [6, 6.07) is 12.8. The second-order valence-corrected chi connectivity index (χ2v) is 5.40. The largest absolute Gasteiger partial charge is 0.480 e. The first-order valence-electron chi connectivity index (χ1n) is 7.35. The van der Waals surface area contributed by atoms with Crippen LogP contribution in [0.25, 0.3) is 0 Å². The molecule has 0 saturated heterocycles. The van der Waals surface area contributed by atoms with Gasteiger partial charge in [0.25, 0.3) is 5.91 Å². The fraction of sp³-hybridized carbons (Fsp3) is 0.278. The van der Waals surface area contributed by atoms with Crippen LogP contribution in [0.5, 0.6) is 5.88 Å². The molecule has 2 rings (SSSR count). The molecule has 0 spiro atoms. The molecule has 0 radical (unpaired) electrons. The van der Waals surface area contributed by atoms with Crippen molar-refractivity contribution in [1.82, 2.24) is 9.88 Å². The minimum atomic E-state index is -0.130. The van der Waals surface area contributed by atoms with E-state index in [1.54, 1.807) is 35.4 Å². The van der Waals surface area contributed by atoms with Crippen LogP contribution in [0.1, 0.15) is 35.3 Å². The van der Waals surface area contributed by atoms with E-state index >= 15 is 0 Å². The first kappa shape index (κ1) is 16.5. The van der Waals surface area contributed by atoms with Gasteiger partial charge in [-0.25, -0.2) is 4.98 Å². The van der Waals surface area contributed by atoms with Crippen molar-refractivity contribution in [2.24, 2.45) is 0 Å². The van der Waals surface area contributed by atoms with Gasteiger partial charge in [-0.2, -0.15) is 5.26 Å². The Hall–Kier alpha value is -2.87. The van der Waals surface area contributed by atoms with Crippen molar-refractivity contribution in [1.29, 1.82) is 5.26 Å². The SMILES string of the molecule is COc1ncccc1C(=O)N(Cc1ccc(C#N)cc1)C(C)C. The number of carbonyl (C=O) groups is 1. The summed E-state index contributed by atoms with van der Waals surface area (Å²) in [6.07, 6.45) is 1.59. The van der Waals surface area contributed by atoms with Gasteiger partial charge in [-0.05, 0) is 43.7 Å². The zero-order chi connectivity index (χ0) is 16.8. The highest BCUT2D eigenvalue weighted by molar-refractivity contribution is 5.96. The van der Waals surface area contributed by atoms with Gasteiger partial charge in [0.05, 0.1) is 18.7 Å². The van der Waals surface area contributed by atoms with Crippen LogP contribution < -0.4 is 4.74 Å². The monoisotopic (exact) mass is 309 g/mol. The number of nitrogens with zero attached hydrogens (tertiary/aromatic N) is 3. The Labute approximate surface area is 136 Å². The molecule has 2 aromatic rings. The van der Waals surface area contributed by atoms with Crippen LogP contribution in [0.4, 0.5) is 0 Å². The quantitative estimate of drug-likeness (QED) is 0.851. The van der Waals surface area contributed by atoms with Crippen LogP contribution in [-0.2, 0) is 6.54 Å². The fourth-order valence-corrected chi connectivity index (χ4v) is 2.24. The number of benzene rings is 1. The summed E-state index contributed by atoms with van der Waals surface area (Å²) in [4.78, 5) is 18.7. The molecule has 1 amide bonds.